The van der Waals surface area contributed by atoms with E-state index in [0.717, 1.165) is 37.2 Å². The normalized spacial score (nSPS) is 17.2. The number of piperidine rings is 1. The van der Waals surface area contributed by atoms with Crippen molar-refractivity contribution >= 4 is 23.3 Å². The number of hydrogen-bond donors (Lipinski definition) is 1. The molecule has 1 fully saturated rings. The third kappa shape index (κ3) is 7.14. The van der Waals surface area contributed by atoms with Crippen molar-refractivity contribution in [1.82, 2.24) is 9.80 Å². The number of halogens is 4. The topological polar surface area (TPSA) is 35.6 Å². The van der Waals surface area contributed by atoms with E-state index in [1.54, 1.807) is 17.0 Å². The molecule has 1 aliphatic heterocycles. The Bertz CT molecular complexity index is 889. The van der Waals surface area contributed by atoms with E-state index in [-0.39, 0.29) is 5.69 Å². The highest BCUT2D eigenvalue weighted by Crippen LogP contribution is 2.30. The van der Waals surface area contributed by atoms with Gasteiger partial charge in [0.05, 0.1) is 5.56 Å². The minimum atomic E-state index is -4.46. The molecule has 2 aromatic carbocycles. The summed E-state index contributed by atoms with van der Waals surface area (Å²) in [6.07, 6.45) is -0.0536. The second-order valence-electron chi connectivity index (χ2n) is 8.29. The summed E-state index contributed by atoms with van der Waals surface area (Å²) in [6.45, 7) is 5.02. The highest BCUT2D eigenvalue weighted by molar-refractivity contribution is 6.30. The largest absolute Gasteiger partial charge is 0.416 e. The van der Waals surface area contributed by atoms with E-state index in [9.17, 15) is 18.0 Å². The first kappa shape index (κ1) is 24.4. The average Bonchev–Trinajstić information content (AvgIpc) is 2.75. The molecule has 2 aromatic rings. The van der Waals surface area contributed by atoms with Gasteiger partial charge in [-0.2, -0.15) is 13.2 Å². The number of hydrogen-bond acceptors (Lipinski definition) is 2. The molecule has 1 saturated heterocycles. The molecule has 1 aliphatic rings. The third-order valence-corrected chi connectivity index (χ3v) is 6.08. The van der Waals surface area contributed by atoms with Crippen molar-refractivity contribution < 1.29 is 18.0 Å². The molecular formula is C24H29ClF3N3O. The number of anilines is 1. The zero-order valence-corrected chi connectivity index (χ0v) is 18.9. The van der Waals surface area contributed by atoms with E-state index < -0.39 is 17.8 Å². The van der Waals surface area contributed by atoms with Crippen LogP contribution in [0.25, 0.3) is 0 Å². The Balaban J connectivity index is 1.67. The number of rotatable bonds is 7. The van der Waals surface area contributed by atoms with E-state index in [4.69, 9.17) is 11.6 Å². The summed E-state index contributed by atoms with van der Waals surface area (Å²) in [5.74, 6) is 0. The Labute approximate surface area is 192 Å². The maximum absolute atomic E-state index is 13.0. The van der Waals surface area contributed by atoms with Crippen molar-refractivity contribution in [2.75, 3.05) is 25.0 Å². The van der Waals surface area contributed by atoms with E-state index in [0.29, 0.717) is 24.2 Å². The van der Waals surface area contributed by atoms with Crippen molar-refractivity contribution in [3.63, 3.8) is 0 Å². The van der Waals surface area contributed by atoms with Crippen LogP contribution in [0.3, 0.4) is 0 Å². The van der Waals surface area contributed by atoms with Crippen LogP contribution in [0, 0.1) is 0 Å². The van der Waals surface area contributed by atoms with Crippen LogP contribution >= 0.6 is 11.6 Å². The Morgan fingerprint density at radius 3 is 2.62 bits per heavy atom. The molecule has 0 bridgehead atoms. The molecule has 1 heterocycles. The van der Waals surface area contributed by atoms with E-state index in [1.807, 2.05) is 12.1 Å². The molecule has 0 aromatic heterocycles. The first-order chi connectivity index (χ1) is 15.2. The standard InChI is InChI=1S/C24H29ClF3N3O/c1-18-6-2-3-13-30(18)14-5-15-31(17-19-9-11-21(25)12-10-19)23(32)29-22-8-4-7-20(16-22)24(26,27)28/h4,7-12,16,18H,2-3,5-6,13-15,17H2,1H3,(H,29,32). The van der Waals surface area contributed by atoms with Gasteiger partial charge in [-0.15, -0.1) is 0 Å². The van der Waals surface area contributed by atoms with E-state index in [1.165, 1.54) is 31.4 Å². The van der Waals surface area contributed by atoms with Gasteiger partial charge < -0.3 is 15.1 Å². The van der Waals surface area contributed by atoms with Crippen molar-refractivity contribution in [3.8, 4) is 0 Å². The molecule has 1 N–H and O–H groups in total. The molecular weight excluding hydrogens is 439 g/mol. The third-order valence-electron chi connectivity index (χ3n) is 5.83. The summed E-state index contributed by atoms with van der Waals surface area (Å²) >= 11 is 5.96. The predicted molar refractivity (Wildman–Crippen MR) is 122 cm³/mol. The number of urea groups is 1. The molecule has 0 radical (unpaired) electrons. The Hall–Kier alpha value is -2.25. The fourth-order valence-corrected chi connectivity index (χ4v) is 4.12. The van der Waals surface area contributed by atoms with Gasteiger partial charge in [-0.25, -0.2) is 4.79 Å². The number of alkyl halides is 3. The van der Waals surface area contributed by atoms with Crippen LogP contribution < -0.4 is 5.32 Å². The van der Waals surface area contributed by atoms with Gasteiger partial charge in [-0.3, -0.25) is 0 Å². The number of benzene rings is 2. The molecule has 4 nitrogen and oxygen atoms in total. The minimum Gasteiger partial charge on any atom is -0.320 e. The lowest BCUT2D eigenvalue weighted by Gasteiger charge is -2.34. The van der Waals surface area contributed by atoms with Crippen molar-refractivity contribution in [2.24, 2.45) is 0 Å². The van der Waals surface area contributed by atoms with Crippen molar-refractivity contribution in [2.45, 2.75) is 51.4 Å². The molecule has 0 spiro atoms. The second kappa shape index (κ2) is 11.1. The maximum atomic E-state index is 13.0. The van der Waals surface area contributed by atoms with Gasteiger partial charge in [0.1, 0.15) is 0 Å². The molecule has 1 atom stereocenters. The van der Waals surface area contributed by atoms with Gasteiger partial charge in [0.2, 0.25) is 0 Å². The van der Waals surface area contributed by atoms with E-state index in [2.05, 4.69) is 17.1 Å². The second-order valence-corrected chi connectivity index (χ2v) is 8.73. The highest BCUT2D eigenvalue weighted by Gasteiger charge is 2.30. The zero-order chi connectivity index (χ0) is 23.1. The van der Waals surface area contributed by atoms with Crippen molar-refractivity contribution in [3.05, 3.63) is 64.7 Å². The summed E-state index contributed by atoms with van der Waals surface area (Å²) in [5, 5.41) is 3.24. The number of carbonyl (C=O) groups is 1. The number of likely N-dealkylation sites (tertiary alicyclic amines) is 1. The van der Waals surface area contributed by atoms with Crippen LogP contribution in [0.4, 0.5) is 23.7 Å². The number of carbonyl (C=O) groups excluding carboxylic acids is 1. The van der Waals surface area contributed by atoms with Gasteiger partial charge in [-0.1, -0.05) is 36.2 Å². The fraction of sp³-hybridized carbons (Fsp3) is 0.458. The minimum absolute atomic E-state index is 0.121. The van der Waals surface area contributed by atoms with Crippen LogP contribution in [0.5, 0.6) is 0 Å². The quantitative estimate of drug-likeness (QED) is 0.494. The maximum Gasteiger partial charge on any atom is 0.416 e. The number of nitrogens with one attached hydrogen (secondary N) is 1. The molecule has 0 saturated carbocycles. The fourth-order valence-electron chi connectivity index (χ4n) is 3.99. The lowest BCUT2D eigenvalue weighted by Crippen LogP contribution is -2.40. The van der Waals surface area contributed by atoms with Crippen LogP contribution in [0.1, 0.15) is 43.7 Å². The van der Waals surface area contributed by atoms with Gasteiger partial charge in [-0.05, 0) is 68.6 Å². The lowest BCUT2D eigenvalue weighted by atomic mass is 10.0. The summed E-state index contributed by atoms with van der Waals surface area (Å²) in [4.78, 5) is 17.1. The molecule has 2 amide bonds. The Kier molecular flexibility index (Phi) is 8.43. The predicted octanol–water partition coefficient (Wildman–Crippen LogP) is 6.66. The monoisotopic (exact) mass is 467 g/mol. The summed E-state index contributed by atoms with van der Waals surface area (Å²) in [6, 6.07) is 12.0. The summed E-state index contributed by atoms with van der Waals surface area (Å²) < 4.78 is 39.1. The number of amides is 2. The van der Waals surface area contributed by atoms with Crippen LogP contribution in [0.15, 0.2) is 48.5 Å². The first-order valence-electron chi connectivity index (χ1n) is 10.9. The zero-order valence-electron chi connectivity index (χ0n) is 18.2. The highest BCUT2D eigenvalue weighted by atomic mass is 35.5. The molecule has 0 aliphatic carbocycles. The van der Waals surface area contributed by atoms with Gasteiger partial charge in [0.25, 0.3) is 0 Å². The first-order valence-corrected chi connectivity index (χ1v) is 11.3. The Morgan fingerprint density at radius 2 is 1.94 bits per heavy atom. The summed E-state index contributed by atoms with van der Waals surface area (Å²) in [5.41, 5.74) is 0.231. The average molecular weight is 468 g/mol. The van der Waals surface area contributed by atoms with Gasteiger partial charge >= 0.3 is 12.2 Å². The summed E-state index contributed by atoms with van der Waals surface area (Å²) in [7, 11) is 0. The van der Waals surface area contributed by atoms with E-state index >= 15 is 0 Å². The van der Waals surface area contributed by atoms with Crippen LogP contribution in [0.2, 0.25) is 5.02 Å². The van der Waals surface area contributed by atoms with Crippen molar-refractivity contribution in [1.29, 1.82) is 0 Å². The molecule has 3 rings (SSSR count). The van der Waals surface area contributed by atoms with Crippen LogP contribution in [-0.2, 0) is 12.7 Å². The molecule has 174 valence electrons. The molecule has 8 heteroatoms. The van der Waals surface area contributed by atoms with Crippen LogP contribution in [-0.4, -0.2) is 41.5 Å². The van der Waals surface area contributed by atoms with Gasteiger partial charge in [0.15, 0.2) is 0 Å². The Morgan fingerprint density at radius 1 is 1.19 bits per heavy atom. The van der Waals surface area contributed by atoms with Gasteiger partial charge in [0, 0.05) is 36.4 Å². The molecule has 32 heavy (non-hydrogen) atoms. The smallest absolute Gasteiger partial charge is 0.320 e. The number of nitrogens with zero attached hydrogens (tertiary/aromatic N) is 2. The SMILES string of the molecule is CC1CCCCN1CCCN(Cc1ccc(Cl)cc1)C(=O)Nc1cccc(C(F)(F)F)c1. The lowest BCUT2D eigenvalue weighted by molar-refractivity contribution is -0.137. The molecule has 1 unspecified atom stereocenters.